The van der Waals surface area contributed by atoms with Crippen LogP contribution in [0.1, 0.15) is 0 Å². The largest absolute Gasteiger partial charge is 0.357 e. The lowest BCUT2D eigenvalue weighted by molar-refractivity contribution is 0.717. The van der Waals surface area contributed by atoms with Crippen molar-refractivity contribution in [3.8, 4) is 0 Å². The Kier molecular flexibility index (Phi) is 1.44. The van der Waals surface area contributed by atoms with Crippen molar-refractivity contribution in [1.29, 1.82) is 0 Å². The van der Waals surface area contributed by atoms with Crippen molar-refractivity contribution in [1.82, 2.24) is 14.8 Å². The topological polar surface area (TPSA) is 50.7 Å². The van der Waals surface area contributed by atoms with Crippen molar-refractivity contribution in [2.45, 2.75) is 0 Å². The van der Waals surface area contributed by atoms with Gasteiger partial charge in [0.05, 0.1) is 0 Å². The summed E-state index contributed by atoms with van der Waals surface area (Å²) in [6.45, 7) is 0. The van der Waals surface area contributed by atoms with Crippen LogP contribution in [0.5, 0.6) is 0 Å². The highest BCUT2D eigenvalue weighted by Crippen LogP contribution is 2.15. The molecule has 0 bridgehead atoms. The number of rotatable bonds is 0. The van der Waals surface area contributed by atoms with Gasteiger partial charge in [0.2, 0.25) is 0 Å². The van der Waals surface area contributed by atoms with E-state index in [2.05, 4.69) is 10.1 Å². The van der Waals surface area contributed by atoms with Crippen LogP contribution in [0, 0.1) is 0 Å². The normalized spacial score (nSPS) is 10.8. The van der Waals surface area contributed by atoms with E-state index in [1.165, 1.54) is 4.68 Å². The summed E-state index contributed by atoms with van der Waals surface area (Å²) in [4.78, 5) is 14.2. The Morgan fingerprint density at radius 2 is 2.42 bits per heavy atom. The molecular weight excluding hydrogens is 178 g/mol. The third-order valence-corrected chi connectivity index (χ3v) is 1.99. The van der Waals surface area contributed by atoms with Crippen LogP contribution < -0.4 is 5.56 Å². The van der Waals surface area contributed by atoms with Crippen molar-refractivity contribution in [2.24, 2.45) is 7.05 Å². The average Bonchev–Trinajstić information content (AvgIpc) is 2.48. The number of hydrogen-bond donors (Lipinski definition) is 1. The molecule has 0 radical (unpaired) electrons. The van der Waals surface area contributed by atoms with E-state index in [9.17, 15) is 4.79 Å². The van der Waals surface area contributed by atoms with Gasteiger partial charge in [0.15, 0.2) is 5.15 Å². The quantitative estimate of drug-likeness (QED) is 0.660. The minimum atomic E-state index is -0.167. The number of nitrogens with zero attached hydrogens (tertiary/aromatic N) is 2. The molecule has 12 heavy (non-hydrogen) atoms. The van der Waals surface area contributed by atoms with Gasteiger partial charge in [-0.25, -0.2) is 4.68 Å². The maximum atomic E-state index is 11.4. The van der Waals surface area contributed by atoms with Crippen molar-refractivity contribution in [3.05, 3.63) is 27.8 Å². The van der Waals surface area contributed by atoms with Gasteiger partial charge in [-0.1, -0.05) is 11.6 Å². The smallest absolute Gasteiger partial charge is 0.290 e. The Morgan fingerprint density at radius 1 is 1.67 bits per heavy atom. The molecule has 5 heteroatoms. The second-order valence-corrected chi connectivity index (χ2v) is 2.84. The number of fused-ring (bicyclic) bond motifs is 1. The lowest BCUT2D eigenvalue weighted by Gasteiger charge is -1.96. The van der Waals surface area contributed by atoms with E-state index in [0.29, 0.717) is 16.1 Å². The zero-order valence-corrected chi connectivity index (χ0v) is 7.09. The molecular formula is C7H6ClN3O. The Bertz CT molecular complexity index is 485. The summed E-state index contributed by atoms with van der Waals surface area (Å²) < 4.78 is 1.21. The van der Waals surface area contributed by atoms with Crippen molar-refractivity contribution < 1.29 is 0 Å². The summed E-state index contributed by atoms with van der Waals surface area (Å²) in [5, 5.41) is 4.83. The van der Waals surface area contributed by atoms with Crippen molar-refractivity contribution in [2.75, 3.05) is 0 Å². The number of nitrogens with one attached hydrogen (secondary N) is 1. The zero-order chi connectivity index (χ0) is 8.72. The molecule has 0 saturated heterocycles. The zero-order valence-electron chi connectivity index (χ0n) is 6.34. The molecule has 0 aromatic carbocycles. The molecule has 0 fully saturated rings. The van der Waals surface area contributed by atoms with Gasteiger partial charge < -0.3 is 4.98 Å². The van der Waals surface area contributed by atoms with Crippen LogP contribution in [-0.2, 0) is 7.05 Å². The summed E-state index contributed by atoms with van der Waals surface area (Å²) in [6.07, 6.45) is 1.67. The number of aromatic amines is 1. The summed E-state index contributed by atoms with van der Waals surface area (Å²) >= 11 is 5.78. The molecule has 2 aromatic heterocycles. The predicted octanol–water partition coefficient (Wildman–Crippen LogP) is 0.915. The van der Waals surface area contributed by atoms with Crippen molar-refractivity contribution in [3.63, 3.8) is 0 Å². The van der Waals surface area contributed by atoms with Crippen LogP contribution in [0.2, 0.25) is 5.15 Å². The van der Waals surface area contributed by atoms with E-state index in [0.717, 1.165) is 0 Å². The summed E-state index contributed by atoms with van der Waals surface area (Å²) in [7, 11) is 1.56. The number of aryl methyl sites for hydroxylation is 1. The van der Waals surface area contributed by atoms with Crippen LogP contribution >= 0.6 is 11.6 Å². The molecule has 0 aliphatic rings. The molecule has 0 saturated carbocycles. The maximum absolute atomic E-state index is 11.4. The predicted molar refractivity (Wildman–Crippen MR) is 46.3 cm³/mol. The lowest BCUT2D eigenvalue weighted by Crippen LogP contribution is -2.19. The molecule has 0 aliphatic carbocycles. The molecule has 2 rings (SSSR count). The Morgan fingerprint density at radius 3 is 3.17 bits per heavy atom. The van der Waals surface area contributed by atoms with E-state index in [4.69, 9.17) is 11.6 Å². The first-order valence-electron chi connectivity index (χ1n) is 3.40. The summed E-state index contributed by atoms with van der Waals surface area (Å²) in [5.74, 6) is 0. The first-order valence-corrected chi connectivity index (χ1v) is 3.78. The lowest BCUT2D eigenvalue weighted by atomic mass is 10.4. The van der Waals surface area contributed by atoms with Crippen LogP contribution in [0.3, 0.4) is 0 Å². The number of H-pyrrole nitrogens is 1. The number of halogens is 1. The second-order valence-electron chi connectivity index (χ2n) is 2.49. The first kappa shape index (κ1) is 7.36. The third-order valence-electron chi connectivity index (χ3n) is 1.71. The fraction of sp³-hybridized carbons (Fsp3) is 0.143. The van der Waals surface area contributed by atoms with Gasteiger partial charge in [0, 0.05) is 18.6 Å². The fourth-order valence-electron chi connectivity index (χ4n) is 1.11. The Balaban J connectivity index is 3.07. The van der Waals surface area contributed by atoms with Crippen LogP contribution in [0.15, 0.2) is 17.1 Å². The monoisotopic (exact) mass is 183 g/mol. The van der Waals surface area contributed by atoms with Crippen molar-refractivity contribution >= 4 is 22.5 Å². The molecule has 2 aromatic rings. The van der Waals surface area contributed by atoms with Gasteiger partial charge in [0.1, 0.15) is 5.52 Å². The Hall–Kier alpha value is -1.29. The third kappa shape index (κ3) is 0.848. The molecule has 62 valence electrons. The van der Waals surface area contributed by atoms with E-state index in [-0.39, 0.29) is 5.56 Å². The number of aromatic nitrogens is 3. The first-order chi connectivity index (χ1) is 5.70. The average molecular weight is 184 g/mol. The van der Waals surface area contributed by atoms with Gasteiger partial charge in [-0.2, -0.15) is 5.10 Å². The van der Waals surface area contributed by atoms with Gasteiger partial charge in [0.25, 0.3) is 5.56 Å². The molecule has 0 amide bonds. The molecule has 1 N–H and O–H groups in total. The van der Waals surface area contributed by atoms with Crippen LogP contribution in [0.25, 0.3) is 10.9 Å². The molecule has 0 atom stereocenters. The SMILES string of the molecule is Cn1nc(Cl)c2cc[nH]c2c1=O. The van der Waals surface area contributed by atoms with Crippen LogP contribution in [0.4, 0.5) is 0 Å². The fourth-order valence-corrected chi connectivity index (χ4v) is 1.38. The highest BCUT2D eigenvalue weighted by molar-refractivity contribution is 6.33. The molecule has 0 unspecified atom stereocenters. The second kappa shape index (κ2) is 2.35. The van der Waals surface area contributed by atoms with Gasteiger partial charge >= 0.3 is 0 Å². The molecule has 0 aliphatic heterocycles. The van der Waals surface area contributed by atoms with Gasteiger partial charge in [-0.05, 0) is 6.07 Å². The maximum Gasteiger partial charge on any atom is 0.290 e. The standard InChI is InChI=1S/C7H6ClN3O/c1-11-7(12)5-4(2-3-9-5)6(8)10-11/h2-3,9H,1H3. The molecule has 2 heterocycles. The van der Waals surface area contributed by atoms with Crippen LogP contribution in [-0.4, -0.2) is 14.8 Å². The highest BCUT2D eigenvalue weighted by Gasteiger charge is 2.06. The van der Waals surface area contributed by atoms with E-state index >= 15 is 0 Å². The van der Waals surface area contributed by atoms with Gasteiger partial charge in [-0.15, -0.1) is 0 Å². The number of hydrogen-bond acceptors (Lipinski definition) is 2. The van der Waals surface area contributed by atoms with E-state index < -0.39 is 0 Å². The van der Waals surface area contributed by atoms with Gasteiger partial charge in [-0.3, -0.25) is 4.79 Å². The summed E-state index contributed by atoms with van der Waals surface area (Å²) in [5.41, 5.74) is 0.330. The van der Waals surface area contributed by atoms with E-state index in [1.807, 2.05) is 0 Å². The molecule has 4 nitrogen and oxygen atoms in total. The Labute approximate surface area is 72.8 Å². The minimum absolute atomic E-state index is 0.167. The highest BCUT2D eigenvalue weighted by atomic mass is 35.5. The van der Waals surface area contributed by atoms with E-state index in [1.54, 1.807) is 19.3 Å². The molecule has 0 spiro atoms. The summed E-state index contributed by atoms with van der Waals surface area (Å²) in [6, 6.07) is 1.73. The minimum Gasteiger partial charge on any atom is -0.357 e.